The zero-order chi connectivity index (χ0) is 12.1. The topological polar surface area (TPSA) is 171 Å². The predicted molar refractivity (Wildman–Crippen MR) is 58.2 cm³/mol. The maximum atomic E-state index is 11.2. The van der Waals surface area contributed by atoms with Gasteiger partial charge in [0, 0.05) is 6.20 Å². The number of rotatable bonds is 1. The molecule has 0 spiro atoms. The molecule has 0 saturated carbocycles. The Kier molecular flexibility index (Phi) is 3.27. The summed E-state index contributed by atoms with van der Waals surface area (Å²) in [7, 11) is 0. The maximum Gasteiger partial charge on any atom is 0.368 e. The average molecular weight is 225 g/mol. The third kappa shape index (κ3) is 3.17. The van der Waals surface area contributed by atoms with Crippen LogP contribution in [0.3, 0.4) is 0 Å². The van der Waals surface area contributed by atoms with Crippen LogP contribution in [0.1, 0.15) is 0 Å². The van der Waals surface area contributed by atoms with E-state index in [-0.39, 0.29) is 17.7 Å². The number of aromatic nitrogens is 2. The first kappa shape index (κ1) is 11.3. The molecule has 0 aromatic carbocycles. The molecule has 0 atom stereocenters. The van der Waals surface area contributed by atoms with Gasteiger partial charge in [0.05, 0.1) is 0 Å². The van der Waals surface area contributed by atoms with E-state index in [9.17, 15) is 4.79 Å². The molecule has 0 bridgehead atoms. The summed E-state index contributed by atoms with van der Waals surface area (Å²) in [6, 6.07) is 1.39. The summed E-state index contributed by atoms with van der Waals surface area (Å²) in [5.41, 5.74) is 16.3. The van der Waals surface area contributed by atoms with Crippen LogP contribution >= 0.6 is 0 Å². The number of anilines is 1. The van der Waals surface area contributed by atoms with Crippen LogP contribution in [0, 0.1) is 10.8 Å². The molecule has 0 aliphatic rings. The Bertz CT molecular complexity index is 463. The molecule has 0 unspecified atom stereocenters. The second kappa shape index (κ2) is 4.63. The minimum atomic E-state index is -0.658. The van der Waals surface area contributed by atoms with Gasteiger partial charge < -0.3 is 11.5 Å². The quantitative estimate of drug-likeness (QED) is 0.155. The van der Waals surface area contributed by atoms with Gasteiger partial charge in [0.15, 0.2) is 0 Å². The van der Waals surface area contributed by atoms with Crippen LogP contribution in [0.2, 0.25) is 0 Å². The fourth-order valence-electron chi connectivity index (χ4n) is 0.780. The smallest absolute Gasteiger partial charge is 0.368 e. The van der Waals surface area contributed by atoms with Crippen molar-refractivity contribution in [2.75, 3.05) is 11.2 Å². The maximum absolute atomic E-state index is 11.2. The van der Waals surface area contributed by atoms with E-state index in [4.69, 9.17) is 22.3 Å². The number of nitrogens with one attached hydrogen (secondary N) is 5. The Labute approximate surface area is 89.6 Å². The molecule has 1 aromatic rings. The number of hydrogen-bond donors (Lipinski definition) is 7. The van der Waals surface area contributed by atoms with Crippen molar-refractivity contribution < 1.29 is 0 Å². The van der Waals surface area contributed by atoms with E-state index in [0.717, 1.165) is 4.68 Å². The van der Waals surface area contributed by atoms with Crippen LogP contribution in [0.5, 0.6) is 0 Å². The number of hydrogen-bond acceptors (Lipinski definition) is 5. The first-order valence-electron chi connectivity index (χ1n) is 4.06. The molecule has 1 heterocycles. The van der Waals surface area contributed by atoms with Crippen molar-refractivity contribution in [3.63, 3.8) is 0 Å². The first-order valence-corrected chi connectivity index (χ1v) is 4.06. The Balaban J connectivity index is 2.63. The van der Waals surface area contributed by atoms with E-state index in [2.05, 4.69) is 21.3 Å². The zero-order valence-corrected chi connectivity index (χ0v) is 8.11. The van der Waals surface area contributed by atoms with Gasteiger partial charge in [-0.05, 0) is 6.07 Å². The fourth-order valence-corrected chi connectivity index (χ4v) is 0.780. The molecule has 0 amide bonds. The largest absolute Gasteiger partial charge is 0.383 e. The molecular formula is C6H11N9O. The van der Waals surface area contributed by atoms with Gasteiger partial charge in [0.2, 0.25) is 11.9 Å². The van der Waals surface area contributed by atoms with Gasteiger partial charge in [-0.2, -0.15) is 4.98 Å². The lowest BCUT2D eigenvalue weighted by molar-refractivity contribution is 0.790. The predicted octanol–water partition coefficient (Wildman–Crippen LogP) is -2.71. The highest BCUT2D eigenvalue weighted by Gasteiger charge is 1.99. The normalized spacial score (nSPS) is 9.25. The lowest BCUT2D eigenvalue weighted by atomic mass is 10.6. The fraction of sp³-hybridized carbons (Fsp3) is 0. The van der Waals surface area contributed by atoms with Crippen molar-refractivity contribution in [2.45, 2.75) is 0 Å². The summed E-state index contributed by atoms with van der Waals surface area (Å²) in [4.78, 5) is 14.6. The van der Waals surface area contributed by atoms with Gasteiger partial charge in [-0.1, -0.05) is 0 Å². The molecule has 86 valence electrons. The van der Waals surface area contributed by atoms with E-state index in [1.807, 2.05) is 0 Å². The molecule has 1 rings (SSSR count). The molecule has 0 saturated heterocycles. The van der Waals surface area contributed by atoms with E-state index >= 15 is 0 Å². The van der Waals surface area contributed by atoms with Gasteiger partial charge in [0.25, 0.3) is 0 Å². The van der Waals surface area contributed by atoms with Crippen molar-refractivity contribution in [3.05, 3.63) is 22.7 Å². The second-order valence-corrected chi connectivity index (χ2v) is 2.66. The highest BCUT2D eigenvalue weighted by Crippen LogP contribution is 1.86. The zero-order valence-electron chi connectivity index (χ0n) is 8.11. The van der Waals surface area contributed by atoms with Crippen molar-refractivity contribution >= 4 is 17.7 Å². The van der Waals surface area contributed by atoms with Gasteiger partial charge in [-0.3, -0.25) is 27.1 Å². The summed E-state index contributed by atoms with van der Waals surface area (Å²) in [5.74, 6) is -0.567. The van der Waals surface area contributed by atoms with Crippen LogP contribution in [-0.4, -0.2) is 21.6 Å². The number of nitrogens with two attached hydrogens (primary N) is 2. The summed E-state index contributed by atoms with van der Waals surface area (Å²) < 4.78 is 0.938. The van der Waals surface area contributed by atoms with Crippen LogP contribution in [0.15, 0.2) is 17.1 Å². The number of nitrogen functional groups attached to an aromatic ring is 1. The highest BCUT2D eigenvalue weighted by atomic mass is 16.2. The van der Waals surface area contributed by atoms with Gasteiger partial charge in [-0.25, -0.2) is 9.47 Å². The molecule has 0 radical (unpaired) electrons. The Morgan fingerprint density at radius 2 is 2.12 bits per heavy atom. The summed E-state index contributed by atoms with van der Waals surface area (Å²) in [6.45, 7) is 0. The molecule has 9 N–H and O–H groups in total. The van der Waals surface area contributed by atoms with Crippen LogP contribution < -0.4 is 33.4 Å². The monoisotopic (exact) mass is 225 g/mol. The summed E-state index contributed by atoms with van der Waals surface area (Å²) >= 11 is 0. The Hall–Kier alpha value is -2.78. The van der Waals surface area contributed by atoms with Crippen LogP contribution in [0.4, 0.5) is 5.82 Å². The van der Waals surface area contributed by atoms with Crippen molar-refractivity contribution in [1.29, 1.82) is 10.8 Å². The lowest BCUT2D eigenvalue weighted by Gasteiger charge is -2.11. The first-order chi connectivity index (χ1) is 7.49. The average Bonchev–Trinajstić information content (AvgIpc) is 2.19. The van der Waals surface area contributed by atoms with Crippen LogP contribution in [-0.2, 0) is 0 Å². The van der Waals surface area contributed by atoms with Gasteiger partial charge >= 0.3 is 5.69 Å². The third-order valence-corrected chi connectivity index (χ3v) is 1.38. The summed E-state index contributed by atoms with van der Waals surface area (Å²) in [6.07, 6.45) is 1.31. The molecular weight excluding hydrogens is 214 g/mol. The van der Waals surface area contributed by atoms with Crippen molar-refractivity contribution in [2.24, 2.45) is 5.73 Å². The lowest BCUT2D eigenvalue weighted by Crippen LogP contribution is -2.50. The number of guanidine groups is 2. The Morgan fingerprint density at radius 3 is 2.69 bits per heavy atom. The van der Waals surface area contributed by atoms with E-state index < -0.39 is 5.69 Å². The van der Waals surface area contributed by atoms with E-state index in [1.165, 1.54) is 12.3 Å². The van der Waals surface area contributed by atoms with E-state index in [1.54, 1.807) is 0 Å². The van der Waals surface area contributed by atoms with Crippen LogP contribution in [0.25, 0.3) is 0 Å². The molecule has 0 fully saturated rings. The SMILES string of the molecule is N=C(N)NNC(=N)Nn1ccc(N)nc1=O. The second-order valence-electron chi connectivity index (χ2n) is 2.66. The molecule has 0 aliphatic heterocycles. The molecule has 10 heteroatoms. The molecule has 1 aromatic heterocycles. The molecule has 16 heavy (non-hydrogen) atoms. The van der Waals surface area contributed by atoms with E-state index in [0.29, 0.717) is 0 Å². The molecule has 0 aliphatic carbocycles. The van der Waals surface area contributed by atoms with Crippen molar-refractivity contribution in [3.8, 4) is 0 Å². The highest BCUT2D eigenvalue weighted by molar-refractivity contribution is 5.86. The third-order valence-electron chi connectivity index (χ3n) is 1.38. The molecule has 10 nitrogen and oxygen atoms in total. The minimum Gasteiger partial charge on any atom is -0.383 e. The summed E-state index contributed by atoms with van der Waals surface area (Å²) in [5, 5.41) is 14.1. The van der Waals surface area contributed by atoms with Crippen molar-refractivity contribution in [1.82, 2.24) is 20.5 Å². The number of nitrogens with zero attached hydrogens (tertiary/aromatic N) is 2. The van der Waals surface area contributed by atoms with Gasteiger partial charge in [-0.15, -0.1) is 0 Å². The number of hydrazine groups is 1. The van der Waals surface area contributed by atoms with Gasteiger partial charge in [0.1, 0.15) is 5.82 Å². The standard InChI is InChI=1S/C6H11N9O/c7-3-1-2-15(6(16)11-3)14-5(10)13-12-4(8)9/h1-2H,(H2,7,11,16)(H4,8,9,12)(H3,10,13,14). The Morgan fingerprint density at radius 1 is 1.44 bits per heavy atom. The minimum absolute atomic E-state index is 0.0874.